The topological polar surface area (TPSA) is 87.3 Å². The Balaban J connectivity index is 1.68. The molecule has 7 heteroatoms. The lowest BCUT2D eigenvalue weighted by Crippen LogP contribution is -2.19. The summed E-state index contributed by atoms with van der Waals surface area (Å²) in [4.78, 5) is 12.7. The van der Waals surface area contributed by atoms with Crippen LogP contribution in [0.4, 0.5) is 17.1 Å². The summed E-state index contributed by atoms with van der Waals surface area (Å²) in [6.07, 6.45) is 0. The van der Waals surface area contributed by atoms with Gasteiger partial charge in [0.05, 0.1) is 17.0 Å². The van der Waals surface area contributed by atoms with Crippen molar-refractivity contribution in [1.29, 1.82) is 0 Å². The standard InChI is InChI=1S/C23H25N3O3S/c1-3-30(28,29)26-22-12-8-7-11-21(22)23(27)25-20-15-13-19(14-16-20)24-17(2)18-9-5-4-6-10-18/h4-17,24,26H,3H2,1-2H3,(H,25,27). The molecule has 0 aliphatic heterocycles. The molecule has 3 aromatic carbocycles. The third-order valence-electron chi connectivity index (χ3n) is 4.64. The van der Waals surface area contributed by atoms with Gasteiger partial charge in [-0.2, -0.15) is 0 Å². The van der Waals surface area contributed by atoms with Crippen LogP contribution in [0.25, 0.3) is 0 Å². The van der Waals surface area contributed by atoms with E-state index in [0.29, 0.717) is 5.69 Å². The SMILES string of the molecule is CCS(=O)(=O)Nc1ccccc1C(=O)Nc1ccc(NC(C)c2ccccc2)cc1. The minimum atomic E-state index is -3.48. The van der Waals surface area contributed by atoms with Gasteiger partial charge < -0.3 is 10.6 Å². The van der Waals surface area contributed by atoms with Crippen LogP contribution in [0.1, 0.15) is 35.8 Å². The number of sulfonamides is 1. The Morgan fingerprint density at radius 3 is 2.13 bits per heavy atom. The van der Waals surface area contributed by atoms with Gasteiger partial charge in [-0.05, 0) is 55.8 Å². The number of carbonyl (C=O) groups excluding carboxylic acids is 1. The molecule has 1 unspecified atom stereocenters. The summed E-state index contributed by atoms with van der Waals surface area (Å²) in [7, 11) is -3.48. The van der Waals surface area contributed by atoms with E-state index >= 15 is 0 Å². The Kier molecular flexibility index (Phi) is 6.74. The highest BCUT2D eigenvalue weighted by Gasteiger charge is 2.15. The van der Waals surface area contributed by atoms with Gasteiger partial charge in [0, 0.05) is 17.4 Å². The molecule has 0 saturated carbocycles. The molecule has 0 aliphatic rings. The molecule has 156 valence electrons. The van der Waals surface area contributed by atoms with E-state index in [1.54, 1.807) is 43.3 Å². The minimum Gasteiger partial charge on any atom is -0.379 e. The third kappa shape index (κ3) is 5.61. The van der Waals surface area contributed by atoms with E-state index in [0.717, 1.165) is 5.69 Å². The van der Waals surface area contributed by atoms with Crippen molar-refractivity contribution in [2.24, 2.45) is 0 Å². The van der Waals surface area contributed by atoms with Gasteiger partial charge in [0.2, 0.25) is 10.0 Å². The van der Waals surface area contributed by atoms with E-state index < -0.39 is 10.0 Å². The van der Waals surface area contributed by atoms with Gasteiger partial charge in [-0.3, -0.25) is 9.52 Å². The van der Waals surface area contributed by atoms with Gasteiger partial charge in [0.1, 0.15) is 0 Å². The highest BCUT2D eigenvalue weighted by Crippen LogP contribution is 2.22. The van der Waals surface area contributed by atoms with Crippen LogP contribution in [0, 0.1) is 0 Å². The molecule has 1 amide bonds. The first-order valence-electron chi connectivity index (χ1n) is 9.70. The predicted molar refractivity (Wildman–Crippen MR) is 122 cm³/mol. The molecule has 0 spiro atoms. The Bertz CT molecular complexity index is 1100. The number of hydrogen-bond acceptors (Lipinski definition) is 4. The fraction of sp³-hybridized carbons (Fsp3) is 0.174. The van der Waals surface area contributed by atoms with E-state index in [2.05, 4.69) is 34.4 Å². The molecule has 3 N–H and O–H groups in total. The zero-order valence-corrected chi connectivity index (χ0v) is 17.7. The van der Waals surface area contributed by atoms with E-state index in [1.165, 1.54) is 5.56 Å². The van der Waals surface area contributed by atoms with Crippen LogP contribution in [0.2, 0.25) is 0 Å². The molecule has 0 saturated heterocycles. The third-order valence-corrected chi connectivity index (χ3v) is 5.93. The van der Waals surface area contributed by atoms with Crippen molar-refractivity contribution in [3.05, 3.63) is 90.0 Å². The van der Waals surface area contributed by atoms with Gasteiger partial charge in [-0.15, -0.1) is 0 Å². The Morgan fingerprint density at radius 2 is 1.47 bits per heavy atom. The van der Waals surface area contributed by atoms with E-state index in [1.807, 2.05) is 30.3 Å². The van der Waals surface area contributed by atoms with Crippen molar-refractivity contribution in [1.82, 2.24) is 0 Å². The fourth-order valence-electron chi connectivity index (χ4n) is 2.93. The molecular formula is C23H25N3O3S. The second kappa shape index (κ2) is 9.45. The fourth-order valence-corrected chi connectivity index (χ4v) is 3.59. The number of benzene rings is 3. The normalized spacial score (nSPS) is 12.1. The Labute approximate surface area is 177 Å². The lowest BCUT2D eigenvalue weighted by molar-refractivity contribution is 0.102. The maximum Gasteiger partial charge on any atom is 0.257 e. The van der Waals surface area contributed by atoms with E-state index in [4.69, 9.17) is 0 Å². The summed E-state index contributed by atoms with van der Waals surface area (Å²) in [6, 6.07) is 24.2. The first-order chi connectivity index (χ1) is 14.4. The number of anilines is 3. The molecule has 0 radical (unpaired) electrons. The largest absolute Gasteiger partial charge is 0.379 e. The maximum atomic E-state index is 12.7. The monoisotopic (exact) mass is 423 g/mol. The average Bonchev–Trinajstić information content (AvgIpc) is 2.76. The second-order valence-electron chi connectivity index (χ2n) is 6.86. The smallest absolute Gasteiger partial charge is 0.257 e. The highest BCUT2D eigenvalue weighted by atomic mass is 32.2. The number of para-hydroxylation sites is 1. The number of hydrogen-bond donors (Lipinski definition) is 3. The molecule has 0 fully saturated rings. The maximum absolute atomic E-state index is 12.7. The average molecular weight is 424 g/mol. The van der Waals surface area contributed by atoms with Crippen LogP contribution in [-0.2, 0) is 10.0 Å². The van der Waals surface area contributed by atoms with Gasteiger partial charge in [-0.25, -0.2) is 8.42 Å². The molecule has 0 aromatic heterocycles. The number of rotatable bonds is 8. The molecule has 30 heavy (non-hydrogen) atoms. The summed E-state index contributed by atoms with van der Waals surface area (Å²) in [5.74, 6) is -0.457. The molecule has 0 heterocycles. The summed E-state index contributed by atoms with van der Waals surface area (Å²) < 4.78 is 26.2. The van der Waals surface area contributed by atoms with E-state index in [-0.39, 0.29) is 29.0 Å². The van der Waals surface area contributed by atoms with Crippen LogP contribution in [0.3, 0.4) is 0 Å². The highest BCUT2D eigenvalue weighted by molar-refractivity contribution is 7.92. The molecular weight excluding hydrogens is 398 g/mol. The van der Waals surface area contributed by atoms with E-state index in [9.17, 15) is 13.2 Å². The van der Waals surface area contributed by atoms with Crippen LogP contribution in [-0.4, -0.2) is 20.1 Å². The van der Waals surface area contributed by atoms with Crippen LogP contribution >= 0.6 is 0 Å². The summed E-state index contributed by atoms with van der Waals surface area (Å²) in [6.45, 7) is 3.62. The van der Waals surface area contributed by atoms with Crippen molar-refractivity contribution >= 4 is 33.0 Å². The van der Waals surface area contributed by atoms with Gasteiger partial charge in [-0.1, -0.05) is 42.5 Å². The minimum absolute atomic E-state index is 0.0706. The predicted octanol–water partition coefficient (Wildman–Crippen LogP) is 4.87. The quantitative estimate of drug-likeness (QED) is 0.482. The van der Waals surface area contributed by atoms with Crippen LogP contribution < -0.4 is 15.4 Å². The van der Waals surface area contributed by atoms with Gasteiger partial charge in [0.15, 0.2) is 0 Å². The van der Waals surface area contributed by atoms with Crippen molar-refractivity contribution in [3.63, 3.8) is 0 Å². The number of carbonyl (C=O) groups is 1. The van der Waals surface area contributed by atoms with Crippen molar-refractivity contribution in [3.8, 4) is 0 Å². The van der Waals surface area contributed by atoms with Gasteiger partial charge >= 0.3 is 0 Å². The molecule has 3 aromatic rings. The first kappa shape index (κ1) is 21.4. The van der Waals surface area contributed by atoms with Crippen molar-refractivity contribution in [2.45, 2.75) is 19.9 Å². The van der Waals surface area contributed by atoms with Crippen molar-refractivity contribution < 1.29 is 13.2 Å². The number of nitrogens with one attached hydrogen (secondary N) is 3. The lowest BCUT2D eigenvalue weighted by Gasteiger charge is -2.16. The summed E-state index contributed by atoms with van der Waals surface area (Å²) in [5, 5.41) is 6.24. The molecule has 1 atom stereocenters. The second-order valence-corrected chi connectivity index (χ2v) is 8.87. The molecule has 3 rings (SSSR count). The Hall–Kier alpha value is -3.32. The Morgan fingerprint density at radius 1 is 0.867 bits per heavy atom. The van der Waals surface area contributed by atoms with Crippen molar-refractivity contribution in [2.75, 3.05) is 21.1 Å². The van der Waals surface area contributed by atoms with Gasteiger partial charge in [0.25, 0.3) is 5.91 Å². The lowest BCUT2D eigenvalue weighted by atomic mass is 10.1. The first-order valence-corrected chi connectivity index (χ1v) is 11.4. The van der Waals surface area contributed by atoms with Crippen LogP contribution in [0.15, 0.2) is 78.9 Å². The summed E-state index contributed by atoms with van der Waals surface area (Å²) in [5.41, 5.74) is 3.24. The molecule has 0 aliphatic carbocycles. The number of amides is 1. The summed E-state index contributed by atoms with van der Waals surface area (Å²) >= 11 is 0. The van der Waals surface area contributed by atoms with Crippen LogP contribution in [0.5, 0.6) is 0 Å². The zero-order chi connectivity index (χ0) is 21.6. The molecule has 0 bridgehead atoms. The molecule has 6 nitrogen and oxygen atoms in total. The zero-order valence-electron chi connectivity index (χ0n) is 16.9.